The third-order valence-corrected chi connectivity index (χ3v) is 2.44. The Labute approximate surface area is 87.5 Å². The van der Waals surface area contributed by atoms with Crippen molar-refractivity contribution in [3.8, 4) is 0 Å². The second-order valence-corrected chi connectivity index (χ2v) is 3.83. The van der Waals surface area contributed by atoms with Crippen molar-refractivity contribution in [1.82, 2.24) is 9.55 Å². The van der Waals surface area contributed by atoms with E-state index in [2.05, 4.69) is 4.98 Å². The Hall–Kier alpha value is -1.58. The monoisotopic (exact) mass is 206 g/mol. The summed E-state index contributed by atoms with van der Waals surface area (Å²) in [6, 6.07) is 2.02. The van der Waals surface area contributed by atoms with Crippen LogP contribution in [0.2, 0.25) is 0 Å². The van der Waals surface area contributed by atoms with Crippen molar-refractivity contribution in [2.45, 2.75) is 33.2 Å². The van der Waals surface area contributed by atoms with Gasteiger partial charge in [-0.25, -0.2) is 4.79 Å². The van der Waals surface area contributed by atoms with Gasteiger partial charge in [-0.2, -0.15) is 0 Å². The van der Waals surface area contributed by atoms with Crippen LogP contribution in [0.25, 0.3) is 11.1 Å². The van der Waals surface area contributed by atoms with Gasteiger partial charge in [-0.15, -0.1) is 0 Å². The van der Waals surface area contributed by atoms with Gasteiger partial charge in [0.1, 0.15) is 0 Å². The Balaban J connectivity index is 2.78. The first kappa shape index (κ1) is 9.96. The van der Waals surface area contributed by atoms with Gasteiger partial charge in [0.2, 0.25) is 0 Å². The van der Waals surface area contributed by atoms with E-state index < -0.39 is 0 Å². The van der Waals surface area contributed by atoms with Crippen LogP contribution in [0.5, 0.6) is 0 Å². The summed E-state index contributed by atoms with van der Waals surface area (Å²) in [5, 5.41) is 0. The summed E-state index contributed by atoms with van der Waals surface area (Å²) in [6.07, 6.45) is 2.47. The van der Waals surface area contributed by atoms with Crippen LogP contribution in [0.3, 0.4) is 0 Å². The minimum absolute atomic E-state index is 0.103. The predicted octanol–water partition coefficient (Wildman–Crippen LogP) is 2.13. The first-order valence-corrected chi connectivity index (χ1v) is 5.13. The second-order valence-electron chi connectivity index (χ2n) is 3.83. The quantitative estimate of drug-likeness (QED) is 0.756. The first-order chi connectivity index (χ1) is 7.13. The predicted molar refractivity (Wildman–Crippen MR) is 58.0 cm³/mol. The Bertz CT molecular complexity index is 537. The van der Waals surface area contributed by atoms with Gasteiger partial charge in [0.05, 0.1) is 11.7 Å². The zero-order valence-corrected chi connectivity index (χ0v) is 9.15. The third-order valence-electron chi connectivity index (χ3n) is 2.44. The van der Waals surface area contributed by atoms with Gasteiger partial charge in [-0.3, -0.25) is 9.55 Å². The molecule has 0 unspecified atom stereocenters. The van der Waals surface area contributed by atoms with Crippen LogP contribution in [-0.4, -0.2) is 9.55 Å². The van der Waals surface area contributed by atoms with Crippen LogP contribution in [0, 0.1) is 0 Å². The smallest absolute Gasteiger partial charge is 0.406 e. The van der Waals surface area contributed by atoms with Gasteiger partial charge in [-0.1, -0.05) is 6.92 Å². The standard InChI is InChI=1S/C11H14N2O2/c1-4-8-5-9-10(6-12-8)15-11(14)13(9)7(2)3/h5-7H,4H2,1-3H3. The van der Waals surface area contributed by atoms with Crippen LogP contribution in [-0.2, 0) is 6.42 Å². The maximum atomic E-state index is 11.5. The molecule has 0 saturated heterocycles. The van der Waals surface area contributed by atoms with Crippen molar-refractivity contribution in [3.05, 3.63) is 28.5 Å². The summed E-state index contributed by atoms with van der Waals surface area (Å²) < 4.78 is 6.75. The first-order valence-electron chi connectivity index (χ1n) is 5.13. The van der Waals surface area contributed by atoms with Crippen molar-refractivity contribution < 1.29 is 4.42 Å². The molecule has 0 N–H and O–H groups in total. The van der Waals surface area contributed by atoms with Gasteiger partial charge in [0.25, 0.3) is 0 Å². The van der Waals surface area contributed by atoms with Crippen LogP contribution in [0.4, 0.5) is 0 Å². The molecule has 2 aromatic rings. The largest absolute Gasteiger partial charge is 0.420 e. The van der Waals surface area contributed by atoms with Crippen molar-refractivity contribution in [2.75, 3.05) is 0 Å². The maximum absolute atomic E-state index is 11.5. The number of aromatic nitrogens is 2. The number of pyridine rings is 1. The lowest BCUT2D eigenvalue weighted by atomic mass is 10.2. The zero-order valence-electron chi connectivity index (χ0n) is 9.15. The fraction of sp³-hybridized carbons (Fsp3) is 0.455. The molecular weight excluding hydrogens is 192 g/mol. The van der Waals surface area contributed by atoms with E-state index in [1.54, 1.807) is 10.8 Å². The molecule has 0 spiro atoms. The van der Waals surface area contributed by atoms with Crippen LogP contribution >= 0.6 is 0 Å². The summed E-state index contributed by atoms with van der Waals surface area (Å²) in [7, 11) is 0. The summed E-state index contributed by atoms with van der Waals surface area (Å²) >= 11 is 0. The molecule has 2 aromatic heterocycles. The molecule has 0 saturated carbocycles. The highest BCUT2D eigenvalue weighted by molar-refractivity contribution is 5.72. The van der Waals surface area contributed by atoms with Crippen molar-refractivity contribution in [1.29, 1.82) is 0 Å². The highest BCUT2D eigenvalue weighted by atomic mass is 16.4. The molecule has 2 heterocycles. The molecule has 0 aromatic carbocycles. The minimum atomic E-state index is -0.310. The van der Waals surface area contributed by atoms with E-state index in [-0.39, 0.29) is 11.8 Å². The molecule has 0 aliphatic rings. The van der Waals surface area contributed by atoms with Crippen LogP contribution in [0.15, 0.2) is 21.5 Å². The Morgan fingerprint density at radius 3 is 2.87 bits per heavy atom. The second kappa shape index (κ2) is 3.53. The summed E-state index contributed by atoms with van der Waals surface area (Å²) in [5.41, 5.74) is 2.37. The van der Waals surface area contributed by atoms with E-state index in [1.807, 2.05) is 26.8 Å². The molecule has 15 heavy (non-hydrogen) atoms. The molecule has 0 amide bonds. The molecule has 4 heteroatoms. The molecule has 0 aliphatic heterocycles. The van der Waals surface area contributed by atoms with E-state index in [0.717, 1.165) is 17.6 Å². The van der Waals surface area contributed by atoms with E-state index >= 15 is 0 Å². The SMILES string of the molecule is CCc1cc2c(cn1)oc(=O)n2C(C)C. The Morgan fingerprint density at radius 2 is 2.27 bits per heavy atom. The maximum Gasteiger partial charge on any atom is 0.420 e. The van der Waals surface area contributed by atoms with Crippen molar-refractivity contribution in [2.24, 2.45) is 0 Å². The van der Waals surface area contributed by atoms with E-state index in [1.165, 1.54) is 0 Å². The molecule has 0 bridgehead atoms. The fourth-order valence-corrected chi connectivity index (χ4v) is 1.66. The normalized spacial score (nSPS) is 11.5. The number of hydrogen-bond acceptors (Lipinski definition) is 3. The van der Waals surface area contributed by atoms with Crippen molar-refractivity contribution >= 4 is 11.1 Å². The lowest BCUT2D eigenvalue weighted by Gasteiger charge is -2.05. The number of aryl methyl sites for hydroxylation is 1. The third kappa shape index (κ3) is 1.56. The average molecular weight is 206 g/mol. The Kier molecular flexibility index (Phi) is 2.34. The van der Waals surface area contributed by atoms with Gasteiger partial charge in [0, 0.05) is 11.7 Å². The van der Waals surface area contributed by atoms with Gasteiger partial charge < -0.3 is 4.42 Å². The number of rotatable bonds is 2. The van der Waals surface area contributed by atoms with Gasteiger partial charge in [-0.05, 0) is 26.3 Å². The molecule has 0 fully saturated rings. The lowest BCUT2D eigenvalue weighted by Crippen LogP contribution is -2.16. The minimum Gasteiger partial charge on any atom is -0.406 e. The molecule has 80 valence electrons. The fourth-order valence-electron chi connectivity index (χ4n) is 1.66. The molecule has 0 atom stereocenters. The number of nitrogens with zero attached hydrogens (tertiary/aromatic N) is 2. The number of hydrogen-bond donors (Lipinski definition) is 0. The lowest BCUT2D eigenvalue weighted by molar-refractivity contribution is 0.478. The molecular formula is C11H14N2O2. The van der Waals surface area contributed by atoms with Gasteiger partial charge in [0.15, 0.2) is 5.58 Å². The molecule has 4 nitrogen and oxygen atoms in total. The van der Waals surface area contributed by atoms with E-state index in [9.17, 15) is 4.79 Å². The summed E-state index contributed by atoms with van der Waals surface area (Å²) in [4.78, 5) is 15.7. The summed E-state index contributed by atoms with van der Waals surface area (Å²) in [5.74, 6) is -0.310. The zero-order chi connectivity index (χ0) is 11.0. The molecule has 0 aliphatic carbocycles. The van der Waals surface area contributed by atoms with Crippen LogP contribution < -0.4 is 5.76 Å². The Morgan fingerprint density at radius 1 is 1.53 bits per heavy atom. The summed E-state index contributed by atoms with van der Waals surface area (Å²) in [6.45, 7) is 5.96. The topological polar surface area (TPSA) is 48.0 Å². The van der Waals surface area contributed by atoms with Crippen LogP contribution in [0.1, 0.15) is 32.5 Å². The average Bonchev–Trinajstić information content (AvgIpc) is 2.52. The highest BCUT2D eigenvalue weighted by Crippen LogP contribution is 2.16. The highest BCUT2D eigenvalue weighted by Gasteiger charge is 2.12. The molecule has 0 radical (unpaired) electrons. The number of fused-ring (bicyclic) bond motifs is 1. The molecule has 2 rings (SSSR count). The van der Waals surface area contributed by atoms with Crippen molar-refractivity contribution in [3.63, 3.8) is 0 Å². The van der Waals surface area contributed by atoms with E-state index in [0.29, 0.717) is 5.58 Å². The van der Waals surface area contributed by atoms with E-state index in [4.69, 9.17) is 4.42 Å². The van der Waals surface area contributed by atoms with Gasteiger partial charge >= 0.3 is 5.76 Å². The number of oxazole rings is 1.